The fraction of sp³-hybridized carbons (Fsp3) is 0.333. The molecular weight excluding hydrogens is 280 g/mol. The average molecular weight is 296 g/mol. The zero-order valence-electron chi connectivity index (χ0n) is 11.3. The largest absolute Gasteiger partial charge is 0.370 e. The normalized spacial score (nSPS) is 11.5. The molecule has 7 nitrogen and oxygen atoms in total. The second-order valence-corrected chi connectivity index (χ2v) is 5.93. The summed E-state index contributed by atoms with van der Waals surface area (Å²) in [5, 5.41) is 6.70. The highest BCUT2D eigenvalue weighted by Gasteiger charge is 2.15. The van der Waals surface area contributed by atoms with Gasteiger partial charge in [-0.25, -0.2) is 18.1 Å². The maximum Gasteiger partial charge on any atom is 0.241 e. The molecule has 0 aliphatic heterocycles. The molecule has 2 aromatic heterocycles. The van der Waals surface area contributed by atoms with E-state index in [0.29, 0.717) is 23.8 Å². The first-order valence-corrected chi connectivity index (χ1v) is 7.61. The molecule has 0 saturated heterocycles. The average Bonchev–Trinajstić information content (AvgIpc) is 2.83. The standard InChI is InChI=1S/C12H16N4O3S/c1-3-13-12-7-11(4-5-14-12)20(17,18)15-8-10-6-9(2)19-16-10/h4-7,15H,3,8H2,1-2H3,(H,13,14). The van der Waals surface area contributed by atoms with Crippen molar-refractivity contribution < 1.29 is 12.9 Å². The molecule has 0 aromatic carbocycles. The van der Waals surface area contributed by atoms with Crippen LogP contribution < -0.4 is 10.0 Å². The molecule has 0 atom stereocenters. The minimum absolute atomic E-state index is 0.0819. The number of nitrogens with one attached hydrogen (secondary N) is 2. The van der Waals surface area contributed by atoms with Gasteiger partial charge in [0.05, 0.1) is 17.1 Å². The number of aromatic nitrogens is 2. The second-order valence-electron chi connectivity index (χ2n) is 4.16. The molecule has 0 radical (unpaired) electrons. The van der Waals surface area contributed by atoms with Crippen LogP contribution in [0.2, 0.25) is 0 Å². The molecule has 0 bridgehead atoms. The summed E-state index contributed by atoms with van der Waals surface area (Å²) < 4.78 is 31.6. The van der Waals surface area contributed by atoms with E-state index >= 15 is 0 Å². The number of hydrogen-bond donors (Lipinski definition) is 2. The lowest BCUT2D eigenvalue weighted by atomic mass is 10.4. The summed E-state index contributed by atoms with van der Waals surface area (Å²) in [5.74, 6) is 1.16. The lowest BCUT2D eigenvalue weighted by molar-refractivity contribution is 0.390. The molecule has 0 spiro atoms. The molecule has 0 amide bonds. The van der Waals surface area contributed by atoms with Crippen LogP contribution in [0.3, 0.4) is 0 Å². The molecule has 0 aliphatic carbocycles. The van der Waals surface area contributed by atoms with Crippen LogP contribution in [0.15, 0.2) is 33.8 Å². The highest BCUT2D eigenvalue weighted by molar-refractivity contribution is 7.89. The second kappa shape index (κ2) is 6.02. The minimum Gasteiger partial charge on any atom is -0.370 e. The predicted molar refractivity (Wildman–Crippen MR) is 73.7 cm³/mol. The van der Waals surface area contributed by atoms with Crippen LogP contribution in [0.4, 0.5) is 5.82 Å². The quantitative estimate of drug-likeness (QED) is 0.833. The number of sulfonamides is 1. The van der Waals surface area contributed by atoms with Crippen LogP contribution in [-0.4, -0.2) is 25.1 Å². The van der Waals surface area contributed by atoms with Crippen molar-refractivity contribution in [2.45, 2.75) is 25.3 Å². The van der Waals surface area contributed by atoms with Gasteiger partial charge < -0.3 is 9.84 Å². The zero-order chi connectivity index (χ0) is 14.6. The smallest absolute Gasteiger partial charge is 0.241 e. The molecule has 8 heteroatoms. The van der Waals surface area contributed by atoms with Crippen molar-refractivity contribution in [2.24, 2.45) is 0 Å². The van der Waals surface area contributed by atoms with Crippen LogP contribution in [0.5, 0.6) is 0 Å². The number of anilines is 1. The molecule has 2 rings (SSSR count). The molecule has 0 fully saturated rings. The van der Waals surface area contributed by atoms with E-state index in [1.54, 1.807) is 13.0 Å². The van der Waals surface area contributed by atoms with Gasteiger partial charge in [0, 0.05) is 24.9 Å². The van der Waals surface area contributed by atoms with Gasteiger partial charge in [-0.3, -0.25) is 0 Å². The van der Waals surface area contributed by atoms with Gasteiger partial charge in [0.1, 0.15) is 11.6 Å². The van der Waals surface area contributed by atoms with Gasteiger partial charge >= 0.3 is 0 Å². The van der Waals surface area contributed by atoms with Gasteiger partial charge in [-0.15, -0.1) is 0 Å². The zero-order valence-corrected chi connectivity index (χ0v) is 12.1. The molecule has 0 unspecified atom stereocenters. The van der Waals surface area contributed by atoms with Crippen LogP contribution in [0.25, 0.3) is 0 Å². The van der Waals surface area contributed by atoms with Crippen molar-refractivity contribution in [3.05, 3.63) is 35.9 Å². The monoisotopic (exact) mass is 296 g/mol. The van der Waals surface area contributed by atoms with E-state index in [-0.39, 0.29) is 11.4 Å². The fourth-order valence-corrected chi connectivity index (χ4v) is 2.62. The van der Waals surface area contributed by atoms with E-state index in [4.69, 9.17) is 4.52 Å². The van der Waals surface area contributed by atoms with Gasteiger partial charge in [0.25, 0.3) is 0 Å². The number of aryl methyl sites for hydroxylation is 1. The SMILES string of the molecule is CCNc1cc(S(=O)(=O)NCc2cc(C)on2)ccn1. The Morgan fingerprint density at radius 2 is 2.15 bits per heavy atom. The van der Waals surface area contributed by atoms with E-state index in [1.807, 2.05) is 6.92 Å². The Morgan fingerprint density at radius 3 is 2.80 bits per heavy atom. The lowest BCUT2D eigenvalue weighted by Gasteiger charge is -2.07. The first-order chi connectivity index (χ1) is 9.51. The number of hydrogen-bond acceptors (Lipinski definition) is 6. The van der Waals surface area contributed by atoms with E-state index in [1.165, 1.54) is 18.3 Å². The Morgan fingerprint density at radius 1 is 1.35 bits per heavy atom. The van der Waals surface area contributed by atoms with Crippen molar-refractivity contribution in [3.8, 4) is 0 Å². The molecule has 2 heterocycles. The van der Waals surface area contributed by atoms with Crippen molar-refractivity contribution >= 4 is 15.8 Å². The number of nitrogens with zero attached hydrogens (tertiary/aromatic N) is 2. The highest BCUT2D eigenvalue weighted by Crippen LogP contribution is 2.13. The van der Waals surface area contributed by atoms with Crippen molar-refractivity contribution in [3.63, 3.8) is 0 Å². The van der Waals surface area contributed by atoms with E-state index in [0.717, 1.165) is 0 Å². The Hall–Kier alpha value is -1.93. The van der Waals surface area contributed by atoms with Crippen LogP contribution in [0.1, 0.15) is 18.4 Å². The summed E-state index contributed by atoms with van der Waals surface area (Å²) in [7, 11) is -3.60. The summed E-state index contributed by atoms with van der Waals surface area (Å²) in [4.78, 5) is 4.19. The van der Waals surface area contributed by atoms with Crippen LogP contribution in [-0.2, 0) is 16.6 Å². The molecule has 2 N–H and O–H groups in total. The predicted octanol–water partition coefficient (Wildman–Crippen LogP) is 1.29. The molecular formula is C12H16N4O3S. The highest BCUT2D eigenvalue weighted by atomic mass is 32.2. The maximum atomic E-state index is 12.1. The Balaban J connectivity index is 2.11. The van der Waals surface area contributed by atoms with Gasteiger partial charge in [-0.2, -0.15) is 0 Å². The lowest BCUT2D eigenvalue weighted by Crippen LogP contribution is -2.23. The summed E-state index contributed by atoms with van der Waals surface area (Å²) in [6.45, 7) is 4.41. The molecule has 20 heavy (non-hydrogen) atoms. The van der Waals surface area contributed by atoms with Gasteiger partial charge in [0.2, 0.25) is 10.0 Å². The molecule has 0 aliphatic rings. The van der Waals surface area contributed by atoms with E-state index in [9.17, 15) is 8.42 Å². The molecule has 2 aromatic rings. The third-order valence-corrected chi connectivity index (χ3v) is 3.92. The number of rotatable bonds is 6. The molecule has 0 saturated carbocycles. The summed E-state index contributed by atoms with van der Waals surface area (Å²) in [5.41, 5.74) is 0.534. The topological polar surface area (TPSA) is 97.1 Å². The maximum absolute atomic E-state index is 12.1. The number of pyridine rings is 1. The van der Waals surface area contributed by atoms with Crippen molar-refractivity contribution in [1.82, 2.24) is 14.9 Å². The van der Waals surface area contributed by atoms with Crippen molar-refractivity contribution in [2.75, 3.05) is 11.9 Å². The summed E-state index contributed by atoms with van der Waals surface area (Å²) in [6.07, 6.45) is 1.45. The summed E-state index contributed by atoms with van der Waals surface area (Å²) in [6, 6.07) is 4.61. The van der Waals surface area contributed by atoms with Crippen LogP contribution in [0, 0.1) is 6.92 Å². The summed E-state index contributed by atoms with van der Waals surface area (Å²) >= 11 is 0. The minimum atomic E-state index is -3.60. The van der Waals surface area contributed by atoms with Gasteiger partial charge in [-0.1, -0.05) is 5.16 Å². The van der Waals surface area contributed by atoms with Crippen LogP contribution >= 0.6 is 0 Å². The van der Waals surface area contributed by atoms with Gasteiger partial charge in [-0.05, 0) is 19.9 Å². The fourth-order valence-electron chi connectivity index (χ4n) is 1.61. The first-order valence-electron chi connectivity index (χ1n) is 6.13. The van der Waals surface area contributed by atoms with E-state index < -0.39 is 10.0 Å². The Labute approximate surface area is 117 Å². The van der Waals surface area contributed by atoms with E-state index in [2.05, 4.69) is 20.2 Å². The molecule has 108 valence electrons. The Kier molecular flexibility index (Phi) is 4.35. The third-order valence-electron chi connectivity index (χ3n) is 2.52. The van der Waals surface area contributed by atoms with Crippen molar-refractivity contribution in [1.29, 1.82) is 0 Å². The third kappa shape index (κ3) is 3.55. The first kappa shape index (κ1) is 14.5. The van der Waals surface area contributed by atoms with Gasteiger partial charge in [0.15, 0.2) is 0 Å². The Bertz CT molecular complexity index is 682.